The van der Waals surface area contributed by atoms with Gasteiger partial charge < -0.3 is 11.1 Å². The number of hydrogen-bond donors (Lipinski definition) is 2. The van der Waals surface area contributed by atoms with E-state index in [9.17, 15) is 4.79 Å². The van der Waals surface area contributed by atoms with Crippen LogP contribution in [0.3, 0.4) is 0 Å². The van der Waals surface area contributed by atoms with E-state index in [0.717, 1.165) is 0 Å². The molecule has 0 aliphatic carbocycles. The van der Waals surface area contributed by atoms with Gasteiger partial charge in [-0.2, -0.15) is 0 Å². The Kier molecular flexibility index (Phi) is 2.01. The van der Waals surface area contributed by atoms with Gasteiger partial charge in [0.25, 0.3) is 0 Å². The predicted octanol–water partition coefficient (Wildman–Crippen LogP) is -0.687. The highest BCUT2D eigenvalue weighted by Crippen LogP contribution is 1.62. The van der Waals surface area contributed by atoms with Crippen molar-refractivity contribution in [3.63, 3.8) is 0 Å². The normalized spacial score (nSPS) is 11.3. The third-order valence-corrected chi connectivity index (χ3v) is 0.371. The Bertz CT molecular complexity index is 103. The minimum atomic E-state index is -0.581. The number of rotatable bonds is 1. The molecule has 0 spiro atoms. The van der Waals surface area contributed by atoms with Gasteiger partial charge in [-0.1, -0.05) is 0 Å². The fourth-order valence-corrected chi connectivity index (χ4v) is 0.133. The van der Waals surface area contributed by atoms with Gasteiger partial charge in [-0.25, -0.2) is 9.79 Å². The Morgan fingerprint density at radius 1 is 2.29 bits per heavy atom. The van der Waals surface area contributed by atoms with Crippen molar-refractivity contribution in [3.05, 3.63) is 0 Å². The summed E-state index contributed by atoms with van der Waals surface area (Å²) < 4.78 is 6.32. The molecule has 0 atom stereocenters. The number of urea groups is 1. The van der Waals surface area contributed by atoms with Crippen LogP contribution in [0, 0.1) is 0 Å². The number of aliphatic imine (C=N–C) groups is 1. The number of nitrogens with two attached hydrogens (primary N) is 1. The molecular weight excluding hydrogens is 94.1 g/mol. The monoisotopic (exact) mass is 103 g/mol. The first kappa shape index (κ1) is 4.26. The highest BCUT2D eigenvalue weighted by Gasteiger charge is 1.85. The van der Waals surface area contributed by atoms with E-state index in [1.807, 2.05) is 0 Å². The summed E-state index contributed by atoms with van der Waals surface area (Å²) in [7, 11) is 0. The highest BCUT2D eigenvalue weighted by molar-refractivity contribution is 5.78. The maximum Gasteiger partial charge on any atom is 0.341 e. The molecular formula is C3H7N3O. The fourth-order valence-electron chi connectivity index (χ4n) is 0.133. The first-order valence-electron chi connectivity index (χ1n) is 2.28. The van der Waals surface area contributed by atoms with Crippen LogP contribution in [0.1, 0.15) is 1.37 Å². The van der Waals surface area contributed by atoms with Crippen LogP contribution in [0.2, 0.25) is 0 Å². The zero-order valence-corrected chi connectivity index (χ0v) is 3.72. The van der Waals surface area contributed by atoms with Crippen LogP contribution >= 0.6 is 0 Å². The molecule has 0 bridgehead atoms. The molecule has 0 aromatic rings. The topological polar surface area (TPSA) is 67.5 Å². The Hall–Kier alpha value is -0.900. The molecule has 0 radical (unpaired) electrons. The SMILES string of the molecule is [3H]C=NC(=O)NCN. The largest absolute Gasteiger partial charge is 0.341 e. The van der Waals surface area contributed by atoms with Gasteiger partial charge in [0.15, 0.2) is 0 Å². The minimum absolute atomic E-state index is 0.0518. The summed E-state index contributed by atoms with van der Waals surface area (Å²) in [6, 6.07) is -0.581. The molecule has 40 valence electrons. The predicted molar refractivity (Wildman–Crippen MR) is 27.1 cm³/mol. The molecule has 4 heteroatoms. The van der Waals surface area contributed by atoms with E-state index in [2.05, 4.69) is 10.3 Å². The van der Waals surface area contributed by atoms with Crippen LogP contribution in [0.4, 0.5) is 4.79 Å². The molecule has 0 aromatic heterocycles. The quantitative estimate of drug-likeness (QED) is 0.341. The van der Waals surface area contributed by atoms with Crippen LogP contribution in [0.25, 0.3) is 0 Å². The number of nitrogens with one attached hydrogen (secondary N) is 1. The number of carbonyl (C=O) groups is 1. The second-order valence-corrected chi connectivity index (χ2v) is 0.815. The average Bonchev–Trinajstić information content (AvgIpc) is 1.68. The summed E-state index contributed by atoms with van der Waals surface area (Å²) in [6.45, 7) is 0.709. The van der Waals surface area contributed by atoms with E-state index in [-0.39, 0.29) is 6.67 Å². The summed E-state index contributed by atoms with van der Waals surface area (Å²) in [6.07, 6.45) is 0. The van der Waals surface area contributed by atoms with E-state index in [1.165, 1.54) is 0 Å². The number of nitrogens with zero attached hydrogens (tertiary/aromatic N) is 1. The third-order valence-electron chi connectivity index (χ3n) is 0.371. The van der Waals surface area contributed by atoms with Gasteiger partial charge in [-0.05, 0) is 6.69 Å². The van der Waals surface area contributed by atoms with Crippen LogP contribution in [-0.4, -0.2) is 19.4 Å². The van der Waals surface area contributed by atoms with E-state index in [4.69, 9.17) is 7.10 Å². The molecule has 2 amide bonds. The van der Waals surface area contributed by atoms with Crippen molar-refractivity contribution < 1.29 is 6.17 Å². The molecule has 0 unspecified atom stereocenters. The van der Waals surface area contributed by atoms with Crippen LogP contribution < -0.4 is 11.1 Å². The van der Waals surface area contributed by atoms with Gasteiger partial charge >= 0.3 is 6.03 Å². The van der Waals surface area contributed by atoms with Crippen LogP contribution in [0.5, 0.6) is 0 Å². The van der Waals surface area contributed by atoms with Crippen molar-refractivity contribution in [1.82, 2.24) is 5.32 Å². The molecule has 0 aliphatic heterocycles. The number of hydrogen-bond acceptors (Lipinski definition) is 2. The second kappa shape index (κ2) is 3.30. The van der Waals surface area contributed by atoms with Crippen LogP contribution in [-0.2, 0) is 0 Å². The summed E-state index contributed by atoms with van der Waals surface area (Å²) in [5.41, 5.74) is 4.89. The standard InChI is InChI=1S/C3H7N3O/c1-5-3(7)6-2-4/h1-2,4H2,(H,6,7)/i1T. The van der Waals surface area contributed by atoms with E-state index >= 15 is 0 Å². The Morgan fingerprint density at radius 2 is 3.00 bits per heavy atom. The molecule has 0 saturated heterocycles. The van der Waals surface area contributed by atoms with Gasteiger partial charge in [0.05, 0.1) is 8.04 Å². The molecule has 0 heterocycles. The molecule has 7 heavy (non-hydrogen) atoms. The van der Waals surface area contributed by atoms with Gasteiger partial charge in [-0.3, -0.25) is 0 Å². The zero-order chi connectivity index (χ0) is 6.41. The maximum absolute atomic E-state index is 10.1. The lowest BCUT2D eigenvalue weighted by atomic mass is 10.9. The number of amides is 2. The molecule has 4 nitrogen and oxygen atoms in total. The maximum atomic E-state index is 10.1. The minimum Gasteiger partial charge on any atom is -0.324 e. The van der Waals surface area contributed by atoms with E-state index in [0.29, 0.717) is 6.69 Å². The number of carbonyl (C=O) groups excluding carboxylic acids is 1. The van der Waals surface area contributed by atoms with Gasteiger partial charge in [0.1, 0.15) is 0 Å². The molecule has 0 saturated carbocycles. The Balaban J connectivity index is 3.33. The van der Waals surface area contributed by atoms with E-state index in [1.54, 1.807) is 0 Å². The van der Waals surface area contributed by atoms with E-state index < -0.39 is 6.03 Å². The van der Waals surface area contributed by atoms with Gasteiger partial charge in [-0.15, -0.1) is 0 Å². The third kappa shape index (κ3) is 2.92. The van der Waals surface area contributed by atoms with Crippen molar-refractivity contribution in [1.29, 1.82) is 0 Å². The van der Waals surface area contributed by atoms with Crippen molar-refractivity contribution in [2.24, 2.45) is 10.7 Å². The van der Waals surface area contributed by atoms with Crippen molar-refractivity contribution in [3.8, 4) is 0 Å². The zero-order valence-electron chi connectivity index (χ0n) is 4.72. The average molecular weight is 103 g/mol. The van der Waals surface area contributed by atoms with Gasteiger partial charge in [0.2, 0.25) is 0 Å². The first-order valence-corrected chi connectivity index (χ1v) is 1.70. The fraction of sp³-hybridized carbons (Fsp3) is 0.333. The second-order valence-electron chi connectivity index (χ2n) is 0.815. The Labute approximate surface area is 42.8 Å². The molecule has 0 aliphatic rings. The summed E-state index contributed by atoms with van der Waals surface area (Å²) in [4.78, 5) is 13.2. The molecule has 0 rings (SSSR count). The summed E-state index contributed by atoms with van der Waals surface area (Å²) in [5, 5.41) is 2.17. The molecule has 3 N–H and O–H groups in total. The lowest BCUT2D eigenvalue weighted by molar-refractivity contribution is 0.249. The smallest absolute Gasteiger partial charge is 0.324 e. The highest BCUT2D eigenvalue weighted by atomic mass is 16.2. The lowest BCUT2D eigenvalue weighted by Gasteiger charge is -1.89. The summed E-state index contributed by atoms with van der Waals surface area (Å²) in [5.74, 6) is 0. The van der Waals surface area contributed by atoms with Crippen molar-refractivity contribution in [2.45, 2.75) is 0 Å². The Morgan fingerprint density at radius 3 is 3.43 bits per heavy atom. The van der Waals surface area contributed by atoms with Crippen molar-refractivity contribution in [2.75, 3.05) is 6.67 Å². The van der Waals surface area contributed by atoms with Gasteiger partial charge in [0, 0.05) is 0 Å². The lowest BCUT2D eigenvalue weighted by Crippen LogP contribution is -2.26. The molecule has 0 fully saturated rings. The molecule has 0 aromatic carbocycles. The van der Waals surface area contributed by atoms with Crippen molar-refractivity contribution >= 4 is 12.7 Å². The first-order chi connectivity index (χ1) is 3.81. The van der Waals surface area contributed by atoms with Crippen LogP contribution in [0.15, 0.2) is 4.99 Å². The summed E-state index contributed by atoms with van der Waals surface area (Å²) >= 11 is 0.